The molecule has 0 atom stereocenters. The number of aromatic nitrogens is 3. The lowest BCUT2D eigenvalue weighted by molar-refractivity contribution is 0.0992. The van der Waals surface area contributed by atoms with Crippen molar-refractivity contribution in [1.82, 2.24) is 15.0 Å². The number of rotatable bonds is 5. The monoisotopic (exact) mass is 325 g/mol. The van der Waals surface area contributed by atoms with Crippen LogP contribution in [0.1, 0.15) is 25.8 Å². The summed E-state index contributed by atoms with van der Waals surface area (Å²) in [7, 11) is 0. The summed E-state index contributed by atoms with van der Waals surface area (Å²) >= 11 is 1.54. The van der Waals surface area contributed by atoms with E-state index in [-0.39, 0.29) is 5.78 Å². The lowest BCUT2D eigenvalue weighted by Crippen LogP contribution is -2.04. The molecule has 3 rings (SSSR count). The van der Waals surface area contributed by atoms with E-state index in [2.05, 4.69) is 15.0 Å². The average molecular weight is 325 g/mol. The number of benzene rings is 1. The number of hydrogen-bond donors (Lipinski definition) is 0. The predicted molar refractivity (Wildman–Crippen MR) is 88.2 cm³/mol. The van der Waals surface area contributed by atoms with Crippen LogP contribution in [0.5, 0.6) is 11.5 Å². The zero-order chi connectivity index (χ0) is 16.2. The first-order valence-electron chi connectivity index (χ1n) is 7.09. The molecule has 6 heteroatoms. The molecule has 116 valence electrons. The Morgan fingerprint density at radius 2 is 1.87 bits per heavy atom. The van der Waals surface area contributed by atoms with Gasteiger partial charge in [-0.1, -0.05) is 0 Å². The third kappa shape index (κ3) is 3.98. The number of hydrogen-bond acceptors (Lipinski definition) is 6. The van der Waals surface area contributed by atoms with Crippen LogP contribution < -0.4 is 4.74 Å². The molecule has 0 aliphatic carbocycles. The molecule has 0 amide bonds. The molecule has 2 aromatic heterocycles. The smallest absolute Gasteiger partial charge is 0.169 e. The van der Waals surface area contributed by atoms with Crippen molar-refractivity contribution in [2.75, 3.05) is 0 Å². The van der Waals surface area contributed by atoms with Gasteiger partial charge in [0.1, 0.15) is 17.1 Å². The Kier molecular flexibility index (Phi) is 4.43. The maximum absolute atomic E-state index is 12.5. The van der Waals surface area contributed by atoms with Crippen LogP contribution in [0, 0.1) is 13.8 Å². The van der Waals surface area contributed by atoms with Gasteiger partial charge in [-0.3, -0.25) is 4.79 Å². The molecule has 0 unspecified atom stereocenters. The second-order valence-electron chi connectivity index (χ2n) is 5.18. The number of nitrogens with zero attached hydrogens (tertiary/aromatic N) is 3. The zero-order valence-electron chi connectivity index (χ0n) is 12.8. The molecule has 0 fully saturated rings. The quantitative estimate of drug-likeness (QED) is 0.668. The fourth-order valence-corrected chi connectivity index (χ4v) is 2.95. The van der Waals surface area contributed by atoms with Crippen molar-refractivity contribution < 1.29 is 9.53 Å². The minimum Gasteiger partial charge on any atom is -0.454 e. The Morgan fingerprint density at radius 3 is 2.57 bits per heavy atom. The maximum Gasteiger partial charge on any atom is 0.169 e. The molecular formula is C17H15N3O2S. The Labute approximate surface area is 138 Å². The molecule has 0 N–H and O–H groups in total. The van der Waals surface area contributed by atoms with Crippen molar-refractivity contribution in [1.29, 1.82) is 0 Å². The standard InChI is InChI=1S/C17H15N3O2S/c1-11-3-13(16(21)6-17-20-7-12(2)23-17)5-14(4-11)22-15-8-18-10-19-9-15/h3-5,7-10H,6H2,1-2H3. The molecular weight excluding hydrogens is 310 g/mol. The SMILES string of the molecule is Cc1cc(Oc2cncnc2)cc(C(=O)Cc2ncc(C)s2)c1. The fraction of sp³-hybridized carbons (Fsp3) is 0.176. The van der Waals surface area contributed by atoms with Crippen molar-refractivity contribution in [3.63, 3.8) is 0 Å². The molecule has 0 aliphatic rings. The summed E-state index contributed by atoms with van der Waals surface area (Å²) in [6.45, 7) is 3.91. The third-order valence-corrected chi connectivity index (χ3v) is 4.04. The van der Waals surface area contributed by atoms with E-state index in [1.807, 2.05) is 26.0 Å². The number of aryl methyl sites for hydroxylation is 2. The van der Waals surface area contributed by atoms with E-state index < -0.39 is 0 Å². The molecule has 0 bridgehead atoms. The Bertz CT molecular complexity index is 831. The molecule has 5 nitrogen and oxygen atoms in total. The minimum absolute atomic E-state index is 0.0252. The summed E-state index contributed by atoms with van der Waals surface area (Å²) in [5.74, 6) is 1.16. The highest BCUT2D eigenvalue weighted by atomic mass is 32.1. The number of ether oxygens (including phenoxy) is 1. The van der Waals surface area contributed by atoms with Crippen molar-refractivity contribution >= 4 is 17.1 Å². The number of carbonyl (C=O) groups is 1. The highest BCUT2D eigenvalue weighted by Gasteiger charge is 2.12. The van der Waals surface area contributed by atoms with E-state index in [1.54, 1.807) is 36.0 Å². The summed E-state index contributed by atoms with van der Waals surface area (Å²) in [6, 6.07) is 5.47. The van der Waals surface area contributed by atoms with Crippen LogP contribution in [0.15, 0.2) is 43.1 Å². The van der Waals surface area contributed by atoms with Gasteiger partial charge in [0.15, 0.2) is 11.5 Å². The van der Waals surface area contributed by atoms with Crippen LogP contribution in [0.4, 0.5) is 0 Å². The van der Waals surface area contributed by atoms with Gasteiger partial charge in [0, 0.05) is 16.6 Å². The second-order valence-corrected chi connectivity index (χ2v) is 6.49. The first kappa shape index (κ1) is 15.3. The van der Waals surface area contributed by atoms with Gasteiger partial charge in [0.25, 0.3) is 0 Å². The number of carbonyl (C=O) groups excluding carboxylic acids is 1. The highest BCUT2D eigenvalue weighted by Crippen LogP contribution is 2.24. The fourth-order valence-electron chi connectivity index (χ4n) is 2.16. The van der Waals surface area contributed by atoms with E-state index >= 15 is 0 Å². The van der Waals surface area contributed by atoms with Crippen LogP contribution in [0.3, 0.4) is 0 Å². The predicted octanol–water partition coefficient (Wildman–Crippen LogP) is 3.77. The van der Waals surface area contributed by atoms with Crippen molar-refractivity contribution in [3.8, 4) is 11.5 Å². The van der Waals surface area contributed by atoms with Crippen molar-refractivity contribution in [2.45, 2.75) is 20.3 Å². The van der Waals surface area contributed by atoms with E-state index in [0.717, 1.165) is 15.4 Å². The summed E-state index contributed by atoms with van der Waals surface area (Å²) < 4.78 is 5.71. The van der Waals surface area contributed by atoms with Crippen LogP contribution in [0.25, 0.3) is 0 Å². The van der Waals surface area contributed by atoms with Crippen LogP contribution in [-0.2, 0) is 6.42 Å². The molecule has 3 aromatic rings. The topological polar surface area (TPSA) is 65.0 Å². The largest absolute Gasteiger partial charge is 0.454 e. The molecule has 0 saturated heterocycles. The van der Waals surface area contributed by atoms with Crippen molar-refractivity contribution in [3.05, 3.63) is 64.1 Å². The number of Topliss-reactive ketones (excluding diaryl/α,β-unsaturated/α-hetero) is 1. The summed E-state index contributed by atoms with van der Waals surface area (Å²) in [5.41, 5.74) is 1.57. The van der Waals surface area contributed by atoms with Gasteiger partial charge in [-0.15, -0.1) is 11.3 Å². The van der Waals surface area contributed by atoms with Crippen molar-refractivity contribution in [2.24, 2.45) is 0 Å². The average Bonchev–Trinajstić information content (AvgIpc) is 2.93. The molecule has 23 heavy (non-hydrogen) atoms. The molecule has 0 spiro atoms. The van der Waals surface area contributed by atoms with E-state index in [0.29, 0.717) is 23.5 Å². The van der Waals surface area contributed by atoms with Gasteiger partial charge >= 0.3 is 0 Å². The van der Waals surface area contributed by atoms with E-state index in [4.69, 9.17) is 4.74 Å². The van der Waals surface area contributed by atoms with E-state index in [1.165, 1.54) is 6.33 Å². The lowest BCUT2D eigenvalue weighted by atomic mass is 10.1. The summed E-state index contributed by atoms with van der Waals surface area (Å²) in [5, 5.41) is 0.827. The normalized spacial score (nSPS) is 10.5. The highest BCUT2D eigenvalue weighted by molar-refractivity contribution is 7.11. The third-order valence-electron chi connectivity index (χ3n) is 3.13. The second kappa shape index (κ2) is 6.66. The molecule has 0 radical (unpaired) electrons. The van der Waals surface area contributed by atoms with Crippen LogP contribution in [-0.4, -0.2) is 20.7 Å². The Morgan fingerprint density at radius 1 is 1.09 bits per heavy atom. The van der Waals surface area contributed by atoms with Gasteiger partial charge < -0.3 is 4.74 Å². The van der Waals surface area contributed by atoms with E-state index in [9.17, 15) is 4.79 Å². The summed E-state index contributed by atoms with van der Waals surface area (Å²) in [6.07, 6.45) is 6.68. The zero-order valence-corrected chi connectivity index (χ0v) is 13.6. The molecule has 2 heterocycles. The maximum atomic E-state index is 12.5. The lowest BCUT2D eigenvalue weighted by Gasteiger charge is -2.08. The molecule has 1 aromatic carbocycles. The Hall–Kier alpha value is -2.60. The van der Waals surface area contributed by atoms with Gasteiger partial charge in [-0.2, -0.15) is 0 Å². The molecule has 0 saturated carbocycles. The van der Waals surface area contributed by atoms with Gasteiger partial charge in [0.05, 0.1) is 18.8 Å². The summed E-state index contributed by atoms with van der Waals surface area (Å²) in [4.78, 5) is 25.6. The van der Waals surface area contributed by atoms with Gasteiger partial charge in [-0.25, -0.2) is 15.0 Å². The Balaban J connectivity index is 1.80. The number of thiazole rings is 1. The van der Waals surface area contributed by atoms with Crippen LogP contribution >= 0.6 is 11.3 Å². The number of ketones is 1. The van der Waals surface area contributed by atoms with Crippen LogP contribution in [0.2, 0.25) is 0 Å². The first-order valence-corrected chi connectivity index (χ1v) is 7.91. The molecule has 0 aliphatic heterocycles. The first-order chi connectivity index (χ1) is 11.1. The van der Waals surface area contributed by atoms with Gasteiger partial charge in [-0.05, 0) is 37.6 Å². The minimum atomic E-state index is 0.0252. The van der Waals surface area contributed by atoms with Gasteiger partial charge in [0.2, 0.25) is 0 Å².